The molecule has 0 aliphatic heterocycles. The van der Waals surface area contributed by atoms with E-state index in [0.717, 1.165) is 22.2 Å². The number of hydrogen-bond donors (Lipinski definition) is 1. The van der Waals surface area contributed by atoms with Crippen molar-refractivity contribution in [3.05, 3.63) is 93.7 Å². The van der Waals surface area contributed by atoms with Gasteiger partial charge in [-0.25, -0.2) is 4.98 Å². The predicted octanol–water partition coefficient (Wildman–Crippen LogP) is 6.79. The number of anilines is 1. The molecule has 0 radical (unpaired) electrons. The molecule has 0 saturated heterocycles. The average molecular weight is 454 g/mol. The minimum absolute atomic E-state index is 0.189. The second-order valence-corrected chi connectivity index (χ2v) is 8.45. The topological polar surface area (TPSA) is 54.9 Å². The molecule has 4 aromatic rings. The summed E-state index contributed by atoms with van der Waals surface area (Å²) >= 11 is 13.9. The zero-order chi connectivity index (χ0) is 21.1. The molecule has 0 fully saturated rings. The summed E-state index contributed by atoms with van der Waals surface area (Å²) in [5.74, 6) is 0.421. The van der Waals surface area contributed by atoms with Crippen molar-refractivity contribution in [1.29, 1.82) is 0 Å². The Labute approximate surface area is 188 Å². The van der Waals surface area contributed by atoms with Crippen LogP contribution in [0, 0.1) is 6.92 Å². The Morgan fingerprint density at radius 1 is 1.03 bits per heavy atom. The minimum Gasteiger partial charge on any atom is -0.322 e. The molecule has 0 spiro atoms. The number of nitrogens with zero attached hydrogens (tertiary/aromatic N) is 2. The Kier molecular flexibility index (Phi) is 6.23. The van der Waals surface area contributed by atoms with Gasteiger partial charge < -0.3 is 5.32 Å². The molecule has 2 aromatic heterocycles. The number of carbonyl (C=O) groups excluding carboxylic acids is 1. The van der Waals surface area contributed by atoms with E-state index in [1.165, 1.54) is 11.8 Å². The van der Waals surface area contributed by atoms with Gasteiger partial charge in [0.2, 0.25) is 0 Å². The van der Waals surface area contributed by atoms with Crippen molar-refractivity contribution in [3.8, 4) is 0 Å². The standard InChI is InChI=1S/C23H17Cl2N3OS/c1-14-4-2-5-16(12-14)28-22(29)18-6-3-10-27-23(18)30-13-15-9-11-26-21-17(15)7-8-19(24)20(21)25/h2-12H,13H2,1H3,(H,28,29). The largest absolute Gasteiger partial charge is 0.322 e. The van der Waals surface area contributed by atoms with E-state index in [2.05, 4.69) is 15.3 Å². The molecule has 2 heterocycles. The van der Waals surface area contributed by atoms with E-state index in [4.69, 9.17) is 23.2 Å². The van der Waals surface area contributed by atoms with Crippen molar-refractivity contribution in [2.45, 2.75) is 17.7 Å². The molecule has 150 valence electrons. The van der Waals surface area contributed by atoms with Gasteiger partial charge in [-0.05, 0) is 54.4 Å². The van der Waals surface area contributed by atoms with Crippen molar-refractivity contribution >= 4 is 57.5 Å². The van der Waals surface area contributed by atoms with E-state index in [-0.39, 0.29) is 5.91 Å². The summed E-state index contributed by atoms with van der Waals surface area (Å²) in [6.07, 6.45) is 3.40. The molecule has 0 aliphatic rings. The average Bonchev–Trinajstić information content (AvgIpc) is 2.75. The van der Waals surface area contributed by atoms with Crippen molar-refractivity contribution in [1.82, 2.24) is 9.97 Å². The number of pyridine rings is 2. The van der Waals surface area contributed by atoms with Crippen LogP contribution < -0.4 is 5.32 Å². The maximum atomic E-state index is 12.8. The predicted molar refractivity (Wildman–Crippen MR) is 125 cm³/mol. The zero-order valence-corrected chi connectivity index (χ0v) is 18.4. The van der Waals surface area contributed by atoms with Gasteiger partial charge in [0.25, 0.3) is 5.91 Å². The number of halogens is 2. The fourth-order valence-electron chi connectivity index (χ4n) is 3.09. The Hall–Kier alpha value is -2.60. The van der Waals surface area contributed by atoms with Crippen LogP contribution in [0.15, 0.2) is 72.0 Å². The second kappa shape index (κ2) is 9.04. The first-order valence-electron chi connectivity index (χ1n) is 9.20. The Morgan fingerprint density at radius 2 is 1.90 bits per heavy atom. The van der Waals surface area contributed by atoms with Crippen LogP contribution in [0.25, 0.3) is 10.9 Å². The fraction of sp³-hybridized carbons (Fsp3) is 0.0870. The molecule has 4 nitrogen and oxygen atoms in total. The molecule has 0 unspecified atom stereocenters. The van der Waals surface area contributed by atoms with E-state index < -0.39 is 0 Å². The van der Waals surface area contributed by atoms with Gasteiger partial charge in [-0.2, -0.15) is 0 Å². The molecule has 1 amide bonds. The number of rotatable bonds is 5. The number of benzene rings is 2. The van der Waals surface area contributed by atoms with E-state index in [1.807, 2.05) is 43.3 Å². The second-order valence-electron chi connectivity index (χ2n) is 6.70. The van der Waals surface area contributed by atoms with Crippen LogP contribution in [0.1, 0.15) is 21.5 Å². The van der Waals surface area contributed by atoms with Gasteiger partial charge in [0.05, 0.1) is 21.1 Å². The first kappa shape index (κ1) is 20.7. The summed E-state index contributed by atoms with van der Waals surface area (Å²) in [6, 6.07) is 16.9. The van der Waals surface area contributed by atoms with E-state index in [1.54, 1.807) is 30.6 Å². The molecule has 1 N–H and O–H groups in total. The normalized spacial score (nSPS) is 10.9. The molecular formula is C23H17Cl2N3OS. The number of carbonyl (C=O) groups is 1. The molecule has 0 saturated carbocycles. The number of nitrogens with one attached hydrogen (secondary N) is 1. The number of fused-ring (bicyclic) bond motifs is 1. The van der Waals surface area contributed by atoms with Gasteiger partial charge in [0, 0.05) is 29.2 Å². The quantitative estimate of drug-likeness (QED) is 0.338. The van der Waals surface area contributed by atoms with Crippen molar-refractivity contribution < 1.29 is 4.79 Å². The van der Waals surface area contributed by atoms with Gasteiger partial charge in [-0.3, -0.25) is 9.78 Å². The van der Waals surface area contributed by atoms with E-state index in [0.29, 0.717) is 31.9 Å². The first-order chi connectivity index (χ1) is 14.5. The highest BCUT2D eigenvalue weighted by Crippen LogP contribution is 2.33. The van der Waals surface area contributed by atoms with E-state index >= 15 is 0 Å². The molecule has 7 heteroatoms. The smallest absolute Gasteiger partial charge is 0.258 e. The highest BCUT2D eigenvalue weighted by Gasteiger charge is 2.15. The fourth-order valence-corrected chi connectivity index (χ4v) is 4.45. The SMILES string of the molecule is Cc1cccc(NC(=O)c2cccnc2SCc2ccnc3c(Cl)c(Cl)ccc23)c1. The lowest BCUT2D eigenvalue weighted by Gasteiger charge is -2.11. The van der Waals surface area contributed by atoms with Crippen LogP contribution in [0.3, 0.4) is 0 Å². The monoisotopic (exact) mass is 453 g/mol. The van der Waals surface area contributed by atoms with Gasteiger partial charge >= 0.3 is 0 Å². The lowest BCUT2D eigenvalue weighted by molar-refractivity contribution is 0.102. The molecule has 0 atom stereocenters. The van der Waals surface area contributed by atoms with Crippen LogP contribution in [-0.2, 0) is 5.75 Å². The minimum atomic E-state index is -0.189. The Balaban J connectivity index is 1.57. The lowest BCUT2D eigenvalue weighted by Crippen LogP contribution is -2.13. The molecule has 0 bridgehead atoms. The third-order valence-corrected chi connectivity index (χ3v) is 6.40. The van der Waals surface area contributed by atoms with Gasteiger partial charge in [-0.15, -0.1) is 11.8 Å². The van der Waals surface area contributed by atoms with Crippen molar-refractivity contribution in [3.63, 3.8) is 0 Å². The Morgan fingerprint density at radius 3 is 2.73 bits per heavy atom. The van der Waals surface area contributed by atoms with Gasteiger partial charge in [0.15, 0.2) is 0 Å². The molecule has 0 aliphatic carbocycles. The van der Waals surface area contributed by atoms with Crippen LogP contribution in [0.2, 0.25) is 10.0 Å². The van der Waals surface area contributed by atoms with E-state index in [9.17, 15) is 4.79 Å². The maximum absolute atomic E-state index is 12.8. The molecule has 30 heavy (non-hydrogen) atoms. The summed E-state index contributed by atoms with van der Waals surface area (Å²) < 4.78 is 0. The highest BCUT2D eigenvalue weighted by atomic mass is 35.5. The van der Waals surface area contributed by atoms with Crippen LogP contribution in [0.5, 0.6) is 0 Å². The van der Waals surface area contributed by atoms with Gasteiger partial charge in [0.1, 0.15) is 5.03 Å². The van der Waals surface area contributed by atoms with Crippen LogP contribution >= 0.6 is 35.0 Å². The number of thioether (sulfide) groups is 1. The molecule has 2 aromatic carbocycles. The van der Waals surface area contributed by atoms with Crippen LogP contribution in [-0.4, -0.2) is 15.9 Å². The Bertz CT molecular complexity index is 1250. The number of hydrogen-bond acceptors (Lipinski definition) is 4. The number of amides is 1. The van der Waals surface area contributed by atoms with Gasteiger partial charge in [-0.1, -0.05) is 41.4 Å². The third-order valence-electron chi connectivity index (χ3n) is 4.55. The number of aromatic nitrogens is 2. The first-order valence-corrected chi connectivity index (χ1v) is 10.9. The lowest BCUT2D eigenvalue weighted by atomic mass is 10.1. The third kappa shape index (κ3) is 4.43. The summed E-state index contributed by atoms with van der Waals surface area (Å²) in [4.78, 5) is 21.6. The molecule has 4 rings (SSSR count). The summed E-state index contributed by atoms with van der Waals surface area (Å²) in [5, 5.41) is 5.45. The van der Waals surface area contributed by atoms with Crippen molar-refractivity contribution in [2.24, 2.45) is 0 Å². The maximum Gasteiger partial charge on any atom is 0.258 e. The number of aryl methyl sites for hydroxylation is 1. The summed E-state index contributed by atoms with van der Waals surface area (Å²) in [5.41, 5.74) is 4.08. The van der Waals surface area contributed by atoms with Crippen LogP contribution in [0.4, 0.5) is 5.69 Å². The molecular weight excluding hydrogens is 437 g/mol. The summed E-state index contributed by atoms with van der Waals surface area (Å²) in [6.45, 7) is 1.99. The van der Waals surface area contributed by atoms with Crippen molar-refractivity contribution in [2.75, 3.05) is 5.32 Å². The highest BCUT2D eigenvalue weighted by molar-refractivity contribution is 7.98. The summed E-state index contributed by atoms with van der Waals surface area (Å²) in [7, 11) is 0. The zero-order valence-electron chi connectivity index (χ0n) is 16.0.